The maximum absolute atomic E-state index is 10.1. The molecule has 6 nitrogen and oxygen atoms in total. The van der Waals surface area contributed by atoms with E-state index in [9.17, 15) is 30.6 Å². The number of aromatic hydroxyl groups is 6. The minimum absolute atomic E-state index is 0.213. The molecular formula is C20H18O6. The Balaban J connectivity index is 1.91. The first-order chi connectivity index (χ1) is 12.3. The first-order valence-electron chi connectivity index (χ1n) is 7.89. The van der Waals surface area contributed by atoms with Crippen molar-refractivity contribution in [3.63, 3.8) is 0 Å². The number of rotatable bonds is 4. The molecule has 0 spiro atoms. The van der Waals surface area contributed by atoms with Gasteiger partial charge in [-0.15, -0.1) is 0 Å². The normalized spacial score (nSPS) is 10.8. The fourth-order valence-electron chi connectivity index (χ4n) is 2.79. The summed E-state index contributed by atoms with van der Waals surface area (Å²) >= 11 is 0. The molecule has 0 heterocycles. The summed E-state index contributed by atoms with van der Waals surface area (Å²) < 4.78 is 0. The molecule has 6 heteroatoms. The third-order valence-corrected chi connectivity index (χ3v) is 4.11. The number of phenols is 6. The molecule has 3 aromatic rings. The predicted octanol–water partition coefficient (Wildman–Crippen LogP) is 3.10. The average Bonchev–Trinajstić information content (AvgIpc) is 2.59. The highest BCUT2D eigenvalue weighted by Crippen LogP contribution is 2.35. The monoisotopic (exact) mass is 354 g/mol. The quantitative estimate of drug-likeness (QED) is 0.400. The van der Waals surface area contributed by atoms with Crippen molar-refractivity contribution in [3.05, 3.63) is 70.8 Å². The van der Waals surface area contributed by atoms with E-state index in [0.717, 1.165) is 5.56 Å². The fourth-order valence-corrected chi connectivity index (χ4v) is 2.79. The number of hydrogen-bond acceptors (Lipinski definition) is 6. The van der Waals surface area contributed by atoms with Crippen LogP contribution in [0.2, 0.25) is 0 Å². The van der Waals surface area contributed by atoms with Crippen LogP contribution in [-0.4, -0.2) is 30.6 Å². The lowest BCUT2D eigenvalue weighted by molar-refractivity contribution is 0.399. The maximum Gasteiger partial charge on any atom is 0.161 e. The van der Waals surface area contributed by atoms with Gasteiger partial charge in [-0.2, -0.15) is 0 Å². The summed E-state index contributed by atoms with van der Waals surface area (Å²) in [6.45, 7) is 0. The summed E-state index contributed by atoms with van der Waals surface area (Å²) in [4.78, 5) is 0. The second-order valence-corrected chi connectivity index (χ2v) is 6.12. The number of hydrogen-bond donors (Lipinski definition) is 6. The molecule has 0 aliphatic carbocycles. The van der Waals surface area contributed by atoms with Crippen LogP contribution < -0.4 is 0 Å². The standard InChI is InChI=1S/C20H18O6/c21-15-3-1-11(8-17(15)23)5-13-7-14(20(26)19(25)10-13)6-12-2-4-16(22)18(24)9-12/h1-4,7-10,21-26H,5-6H2. The van der Waals surface area contributed by atoms with Crippen LogP contribution in [0, 0.1) is 0 Å². The lowest BCUT2D eigenvalue weighted by Crippen LogP contribution is -1.94. The van der Waals surface area contributed by atoms with Gasteiger partial charge in [-0.05, 0) is 53.4 Å². The van der Waals surface area contributed by atoms with Crippen LogP contribution >= 0.6 is 0 Å². The Morgan fingerprint density at radius 2 is 0.962 bits per heavy atom. The SMILES string of the molecule is Oc1ccc(Cc2cc(O)c(O)c(Cc3ccc(O)c(O)c3)c2)cc1O. The zero-order valence-electron chi connectivity index (χ0n) is 13.7. The summed E-state index contributed by atoms with van der Waals surface area (Å²) in [6.07, 6.45) is 0.609. The lowest BCUT2D eigenvalue weighted by atomic mass is 9.97. The molecule has 0 fully saturated rings. The van der Waals surface area contributed by atoms with Crippen molar-refractivity contribution < 1.29 is 30.6 Å². The van der Waals surface area contributed by atoms with Gasteiger partial charge in [-0.25, -0.2) is 0 Å². The van der Waals surface area contributed by atoms with E-state index >= 15 is 0 Å². The van der Waals surface area contributed by atoms with Crippen LogP contribution in [0.15, 0.2) is 48.5 Å². The Kier molecular flexibility index (Phi) is 4.49. The first-order valence-corrected chi connectivity index (χ1v) is 7.89. The fraction of sp³-hybridized carbons (Fsp3) is 0.100. The number of phenolic OH excluding ortho intramolecular Hbond substituents is 6. The predicted molar refractivity (Wildman–Crippen MR) is 94.9 cm³/mol. The second-order valence-electron chi connectivity index (χ2n) is 6.12. The molecule has 6 N–H and O–H groups in total. The molecule has 0 aromatic heterocycles. The maximum atomic E-state index is 10.1. The van der Waals surface area contributed by atoms with Crippen molar-refractivity contribution in [1.29, 1.82) is 0 Å². The van der Waals surface area contributed by atoms with Gasteiger partial charge in [-0.1, -0.05) is 18.2 Å². The van der Waals surface area contributed by atoms with Gasteiger partial charge < -0.3 is 30.6 Å². The van der Waals surface area contributed by atoms with Crippen molar-refractivity contribution >= 4 is 0 Å². The van der Waals surface area contributed by atoms with Crippen molar-refractivity contribution in [3.8, 4) is 34.5 Å². The topological polar surface area (TPSA) is 121 Å². The van der Waals surface area contributed by atoms with E-state index in [2.05, 4.69) is 0 Å². The molecule has 0 amide bonds. The van der Waals surface area contributed by atoms with E-state index in [1.807, 2.05) is 0 Å². The van der Waals surface area contributed by atoms with Crippen LogP contribution in [0.3, 0.4) is 0 Å². The van der Waals surface area contributed by atoms with Gasteiger partial charge in [0.15, 0.2) is 34.5 Å². The van der Waals surface area contributed by atoms with E-state index in [1.54, 1.807) is 18.2 Å². The largest absolute Gasteiger partial charge is 0.504 e. The van der Waals surface area contributed by atoms with Crippen molar-refractivity contribution in [1.82, 2.24) is 0 Å². The third-order valence-electron chi connectivity index (χ3n) is 4.11. The third kappa shape index (κ3) is 3.59. The Labute approximate surface area is 149 Å². The molecule has 3 rings (SSSR count). The zero-order valence-corrected chi connectivity index (χ0v) is 13.7. The Morgan fingerprint density at radius 3 is 1.50 bits per heavy atom. The van der Waals surface area contributed by atoms with Crippen LogP contribution in [0.5, 0.6) is 34.5 Å². The zero-order chi connectivity index (χ0) is 18.8. The molecule has 0 aliphatic heterocycles. The van der Waals surface area contributed by atoms with E-state index < -0.39 is 0 Å². The van der Waals surface area contributed by atoms with E-state index in [-0.39, 0.29) is 40.9 Å². The minimum Gasteiger partial charge on any atom is -0.504 e. The summed E-state index contributed by atoms with van der Waals surface area (Å²) in [5, 5.41) is 58.1. The summed E-state index contributed by atoms with van der Waals surface area (Å²) in [6, 6.07) is 11.9. The van der Waals surface area contributed by atoms with E-state index in [1.165, 1.54) is 30.3 Å². The highest BCUT2D eigenvalue weighted by molar-refractivity contribution is 5.52. The minimum atomic E-state index is -0.275. The van der Waals surface area contributed by atoms with Crippen molar-refractivity contribution in [2.24, 2.45) is 0 Å². The van der Waals surface area contributed by atoms with Gasteiger partial charge in [0, 0.05) is 12.0 Å². The summed E-state index contributed by atoms with van der Waals surface area (Å²) in [5.41, 5.74) is 2.52. The van der Waals surface area contributed by atoms with Crippen LogP contribution in [0.1, 0.15) is 22.3 Å². The smallest absolute Gasteiger partial charge is 0.161 e. The van der Waals surface area contributed by atoms with Crippen LogP contribution in [0.25, 0.3) is 0 Å². The molecule has 26 heavy (non-hydrogen) atoms. The van der Waals surface area contributed by atoms with Crippen molar-refractivity contribution in [2.75, 3.05) is 0 Å². The van der Waals surface area contributed by atoms with Gasteiger partial charge >= 0.3 is 0 Å². The van der Waals surface area contributed by atoms with E-state index in [4.69, 9.17) is 0 Å². The average molecular weight is 354 g/mol. The van der Waals surface area contributed by atoms with Gasteiger partial charge in [0.1, 0.15) is 0 Å². The molecule has 0 radical (unpaired) electrons. The van der Waals surface area contributed by atoms with Crippen molar-refractivity contribution in [2.45, 2.75) is 12.8 Å². The van der Waals surface area contributed by atoms with Gasteiger partial charge in [0.2, 0.25) is 0 Å². The molecule has 0 saturated carbocycles. The van der Waals surface area contributed by atoms with Gasteiger partial charge in [0.25, 0.3) is 0 Å². The second kappa shape index (κ2) is 6.76. The summed E-state index contributed by atoms with van der Waals surface area (Å²) in [7, 11) is 0. The van der Waals surface area contributed by atoms with Crippen LogP contribution in [0.4, 0.5) is 0 Å². The first kappa shape index (κ1) is 17.3. The van der Waals surface area contributed by atoms with Gasteiger partial charge in [-0.3, -0.25) is 0 Å². The Bertz CT molecular complexity index is 965. The summed E-state index contributed by atoms with van der Waals surface area (Å²) in [5.74, 6) is -1.47. The van der Waals surface area contributed by atoms with Crippen LogP contribution in [-0.2, 0) is 12.8 Å². The molecule has 0 aliphatic rings. The van der Waals surface area contributed by atoms with E-state index in [0.29, 0.717) is 23.1 Å². The lowest BCUT2D eigenvalue weighted by Gasteiger charge is -2.11. The molecule has 0 bridgehead atoms. The highest BCUT2D eigenvalue weighted by atomic mass is 16.3. The molecule has 134 valence electrons. The number of benzene rings is 3. The molecular weight excluding hydrogens is 336 g/mol. The highest BCUT2D eigenvalue weighted by Gasteiger charge is 2.12. The molecule has 3 aromatic carbocycles. The molecule has 0 saturated heterocycles. The molecule has 0 unspecified atom stereocenters. The Morgan fingerprint density at radius 1 is 0.462 bits per heavy atom. The van der Waals surface area contributed by atoms with Gasteiger partial charge in [0.05, 0.1) is 0 Å². The molecule has 0 atom stereocenters. The Hall–Kier alpha value is -3.54.